The van der Waals surface area contributed by atoms with Gasteiger partial charge in [0.25, 0.3) is 0 Å². The van der Waals surface area contributed by atoms with Crippen LogP contribution in [0.5, 0.6) is 5.75 Å². The monoisotopic (exact) mass is 419 g/mol. The van der Waals surface area contributed by atoms with Crippen LogP contribution in [0.2, 0.25) is 0 Å². The van der Waals surface area contributed by atoms with E-state index in [0.29, 0.717) is 5.75 Å². The molecule has 0 radical (unpaired) electrons. The highest BCUT2D eigenvalue weighted by Gasteiger charge is 2.15. The summed E-state index contributed by atoms with van der Waals surface area (Å²) in [5, 5.41) is 0. The van der Waals surface area contributed by atoms with Crippen molar-refractivity contribution in [2.24, 2.45) is 5.73 Å². The minimum absolute atomic E-state index is 0.122. The summed E-state index contributed by atoms with van der Waals surface area (Å²) in [6.45, 7) is 1.60. The summed E-state index contributed by atoms with van der Waals surface area (Å²) in [5.74, 6) is -0.795. The molecule has 0 saturated carbocycles. The van der Waals surface area contributed by atoms with Crippen LogP contribution < -0.4 is 10.5 Å². The molecule has 2 aromatic rings. The molecule has 112 valence electrons. The van der Waals surface area contributed by atoms with Gasteiger partial charge in [0, 0.05) is 16.1 Å². The van der Waals surface area contributed by atoms with Crippen molar-refractivity contribution >= 4 is 31.9 Å². The molecule has 2 N–H and O–H groups in total. The molecule has 2 nitrogen and oxygen atoms in total. The van der Waals surface area contributed by atoms with Crippen LogP contribution in [0.15, 0.2) is 39.3 Å². The standard InChI is InChI=1S/C15H13Br2F2NO/c1-8(20)10-6-9(16)2-5-14(10)21-7-11-13(18)4-3-12(17)15(11)19/h2-6,8H,7,20H2,1H3/t8-/m1/s1. The molecule has 6 heteroatoms. The van der Waals surface area contributed by atoms with Gasteiger partial charge >= 0.3 is 0 Å². The van der Waals surface area contributed by atoms with Gasteiger partial charge < -0.3 is 10.5 Å². The Kier molecular flexibility index (Phi) is 5.35. The summed E-state index contributed by atoms with van der Waals surface area (Å²) in [7, 11) is 0. The number of hydrogen-bond donors (Lipinski definition) is 1. The van der Waals surface area contributed by atoms with Crippen molar-refractivity contribution in [1.29, 1.82) is 0 Å². The second-order valence-corrected chi connectivity index (χ2v) is 6.35. The zero-order valence-electron chi connectivity index (χ0n) is 11.2. The van der Waals surface area contributed by atoms with Gasteiger partial charge in [0.05, 0.1) is 10.0 Å². The van der Waals surface area contributed by atoms with E-state index in [1.807, 2.05) is 13.0 Å². The van der Waals surface area contributed by atoms with E-state index >= 15 is 0 Å². The van der Waals surface area contributed by atoms with Crippen LogP contribution in [-0.2, 0) is 6.61 Å². The molecule has 0 aliphatic rings. The number of ether oxygens (including phenoxy) is 1. The van der Waals surface area contributed by atoms with Gasteiger partial charge in [-0.25, -0.2) is 8.78 Å². The van der Waals surface area contributed by atoms with Gasteiger partial charge in [0.2, 0.25) is 0 Å². The molecule has 0 aliphatic carbocycles. The van der Waals surface area contributed by atoms with Crippen LogP contribution in [0.4, 0.5) is 8.78 Å². The molecule has 2 rings (SSSR count). The Hall–Kier alpha value is -0.980. The SMILES string of the molecule is C[C@@H](N)c1cc(Br)ccc1OCc1c(F)ccc(Br)c1F. The van der Waals surface area contributed by atoms with Gasteiger partial charge in [-0.2, -0.15) is 0 Å². The van der Waals surface area contributed by atoms with Gasteiger partial charge in [0.1, 0.15) is 24.0 Å². The van der Waals surface area contributed by atoms with Crippen molar-refractivity contribution in [3.63, 3.8) is 0 Å². The van der Waals surface area contributed by atoms with Crippen molar-refractivity contribution in [2.75, 3.05) is 0 Å². The minimum Gasteiger partial charge on any atom is -0.488 e. The van der Waals surface area contributed by atoms with E-state index in [1.165, 1.54) is 12.1 Å². The molecule has 0 spiro atoms. The molecule has 0 aromatic heterocycles. The number of hydrogen-bond acceptors (Lipinski definition) is 2. The normalized spacial score (nSPS) is 12.3. The molecule has 0 saturated heterocycles. The molecule has 0 amide bonds. The van der Waals surface area contributed by atoms with Crippen LogP contribution >= 0.6 is 31.9 Å². The van der Waals surface area contributed by atoms with Crippen molar-refractivity contribution < 1.29 is 13.5 Å². The zero-order valence-corrected chi connectivity index (χ0v) is 14.3. The number of rotatable bonds is 4. The minimum atomic E-state index is -0.658. The highest BCUT2D eigenvalue weighted by molar-refractivity contribution is 9.10. The molecule has 0 unspecified atom stereocenters. The van der Waals surface area contributed by atoms with E-state index < -0.39 is 11.6 Å². The zero-order chi connectivity index (χ0) is 15.6. The third-order valence-electron chi connectivity index (χ3n) is 2.97. The molecular weight excluding hydrogens is 408 g/mol. The van der Waals surface area contributed by atoms with Crippen molar-refractivity contribution in [1.82, 2.24) is 0 Å². The largest absolute Gasteiger partial charge is 0.488 e. The first-order chi connectivity index (χ1) is 9.90. The van der Waals surface area contributed by atoms with Crippen LogP contribution in [0, 0.1) is 11.6 Å². The second-order valence-electron chi connectivity index (χ2n) is 4.58. The fraction of sp³-hybridized carbons (Fsp3) is 0.200. The van der Waals surface area contributed by atoms with Crippen LogP contribution in [-0.4, -0.2) is 0 Å². The van der Waals surface area contributed by atoms with Crippen molar-refractivity contribution in [2.45, 2.75) is 19.6 Å². The van der Waals surface area contributed by atoms with Crippen LogP contribution in [0.1, 0.15) is 24.1 Å². The van der Waals surface area contributed by atoms with E-state index in [4.69, 9.17) is 10.5 Å². The average Bonchev–Trinajstić information content (AvgIpc) is 2.44. The van der Waals surface area contributed by atoms with Crippen LogP contribution in [0.25, 0.3) is 0 Å². The molecule has 0 aliphatic heterocycles. The summed E-state index contributed by atoms with van der Waals surface area (Å²) in [6.07, 6.45) is 0. The highest BCUT2D eigenvalue weighted by atomic mass is 79.9. The van der Waals surface area contributed by atoms with Gasteiger partial charge in [-0.3, -0.25) is 0 Å². The summed E-state index contributed by atoms with van der Waals surface area (Å²) in [6, 6.07) is 7.59. The summed E-state index contributed by atoms with van der Waals surface area (Å²) >= 11 is 6.39. The van der Waals surface area contributed by atoms with E-state index in [9.17, 15) is 8.78 Å². The molecule has 0 bridgehead atoms. The molecule has 2 aromatic carbocycles. The Morgan fingerprint density at radius 2 is 1.90 bits per heavy atom. The Bertz CT molecular complexity index is 662. The molecule has 0 heterocycles. The molecular formula is C15H13Br2F2NO. The predicted octanol–water partition coefficient (Wildman–Crippen LogP) is 5.09. The predicted molar refractivity (Wildman–Crippen MR) is 85.1 cm³/mol. The smallest absolute Gasteiger partial charge is 0.146 e. The average molecular weight is 421 g/mol. The molecule has 21 heavy (non-hydrogen) atoms. The number of halogens is 4. The van der Waals surface area contributed by atoms with E-state index in [1.54, 1.807) is 12.1 Å². The fourth-order valence-corrected chi connectivity index (χ4v) is 2.61. The number of nitrogens with two attached hydrogens (primary N) is 1. The molecule has 0 fully saturated rings. The highest BCUT2D eigenvalue weighted by Crippen LogP contribution is 2.29. The lowest BCUT2D eigenvalue weighted by atomic mass is 10.1. The van der Waals surface area contributed by atoms with E-state index in [2.05, 4.69) is 31.9 Å². The fourth-order valence-electron chi connectivity index (χ4n) is 1.86. The topological polar surface area (TPSA) is 35.2 Å². The van der Waals surface area contributed by atoms with Gasteiger partial charge in [0.15, 0.2) is 0 Å². The van der Waals surface area contributed by atoms with E-state index in [0.717, 1.165) is 10.0 Å². The van der Waals surface area contributed by atoms with Crippen LogP contribution in [0.3, 0.4) is 0 Å². The van der Waals surface area contributed by atoms with Crippen molar-refractivity contribution in [3.05, 3.63) is 62.0 Å². The summed E-state index contributed by atoms with van der Waals surface area (Å²) < 4.78 is 34.2. The Morgan fingerprint density at radius 1 is 1.19 bits per heavy atom. The maximum Gasteiger partial charge on any atom is 0.146 e. The first kappa shape index (κ1) is 16.4. The summed E-state index contributed by atoms with van der Waals surface area (Å²) in [4.78, 5) is 0. The van der Waals surface area contributed by atoms with Gasteiger partial charge in [-0.05, 0) is 53.2 Å². The Labute approximate surface area is 138 Å². The Morgan fingerprint density at radius 3 is 2.57 bits per heavy atom. The first-order valence-electron chi connectivity index (χ1n) is 6.20. The third-order valence-corrected chi connectivity index (χ3v) is 4.08. The lowest BCUT2D eigenvalue weighted by Gasteiger charge is -2.15. The lowest BCUT2D eigenvalue weighted by Crippen LogP contribution is -2.09. The maximum atomic E-state index is 13.9. The van der Waals surface area contributed by atoms with Crippen molar-refractivity contribution in [3.8, 4) is 5.75 Å². The van der Waals surface area contributed by atoms with Gasteiger partial charge in [-0.15, -0.1) is 0 Å². The lowest BCUT2D eigenvalue weighted by molar-refractivity contribution is 0.288. The summed E-state index contributed by atoms with van der Waals surface area (Å²) in [5.41, 5.74) is 6.52. The first-order valence-corrected chi connectivity index (χ1v) is 7.79. The number of benzene rings is 2. The quantitative estimate of drug-likeness (QED) is 0.699. The van der Waals surface area contributed by atoms with Gasteiger partial charge in [-0.1, -0.05) is 15.9 Å². The van der Waals surface area contributed by atoms with E-state index in [-0.39, 0.29) is 22.7 Å². The Balaban J connectivity index is 2.27. The second kappa shape index (κ2) is 6.85. The molecule has 1 atom stereocenters. The third kappa shape index (κ3) is 3.81. The maximum absolute atomic E-state index is 13.9.